The van der Waals surface area contributed by atoms with Crippen LogP contribution in [0, 0.1) is 12.7 Å². The number of carboxylic acids is 1. The summed E-state index contributed by atoms with van der Waals surface area (Å²) in [5, 5.41) is 9.31. The third-order valence-corrected chi connectivity index (χ3v) is 6.63. The molecule has 3 aromatic rings. The minimum Gasteiger partial charge on any atom is -0.487 e. The van der Waals surface area contributed by atoms with E-state index in [1.54, 1.807) is 12.1 Å². The molecule has 0 fully saturated rings. The lowest BCUT2D eigenvalue weighted by molar-refractivity contribution is -0.144. The topological polar surface area (TPSA) is 66.8 Å². The van der Waals surface area contributed by atoms with E-state index in [4.69, 9.17) is 4.74 Å². The Morgan fingerprint density at radius 1 is 1.03 bits per heavy atom. The predicted molar refractivity (Wildman–Crippen MR) is 137 cm³/mol. The van der Waals surface area contributed by atoms with Gasteiger partial charge in [-0.2, -0.15) is 0 Å². The second-order valence-corrected chi connectivity index (χ2v) is 9.89. The van der Waals surface area contributed by atoms with Crippen LogP contribution in [-0.2, 0) is 35.3 Å². The number of benzene rings is 3. The van der Waals surface area contributed by atoms with Crippen LogP contribution in [-0.4, -0.2) is 40.6 Å². The highest BCUT2D eigenvalue weighted by Gasteiger charge is 2.35. The maximum Gasteiger partial charge on any atom is 0.323 e. The van der Waals surface area contributed by atoms with E-state index in [1.165, 1.54) is 11.0 Å². The largest absolute Gasteiger partial charge is 0.487 e. The summed E-state index contributed by atoms with van der Waals surface area (Å²) in [6.45, 7) is 4.05. The number of hydrogen-bond acceptors (Lipinski definition) is 3. The summed E-state index contributed by atoms with van der Waals surface area (Å²) in [6.07, 6.45) is 2.47. The number of fused-ring (bicyclic) bond motifs is 1. The second kappa shape index (κ2) is 10.9. The molecule has 5 nitrogen and oxygen atoms in total. The molecule has 0 radical (unpaired) electrons. The highest BCUT2D eigenvalue weighted by atomic mass is 19.1. The van der Waals surface area contributed by atoms with Crippen molar-refractivity contribution in [3.8, 4) is 5.75 Å². The lowest BCUT2D eigenvalue weighted by Crippen LogP contribution is -2.37. The summed E-state index contributed by atoms with van der Waals surface area (Å²) in [6, 6.07) is 20.7. The van der Waals surface area contributed by atoms with E-state index in [1.807, 2.05) is 56.3 Å². The molecular formula is C30H32FNO4. The molecule has 0 unspecified atom stereocenters. The first-order valence-corrected chi connectivity index (χ1v) is 12.3. The van der Waals surface area contributed by atoms with Crippen LogP contribution in [0.15, 0.2) is 66.7 Å². The van der Waals surface area contributed by atoms with Crippen molar-refractivity contribution in [1.29, 1.82) is 0 Å². The molecule has 36 heavy (non-hydrogen) atoms. The number of amides is 1. The summed E-state index contributed by atoms with van der Waals surface area (Å²) in [7, 11) is 0. The number of hydrogen-bond donors (Lipinski definition) is 1. The van der Waals surface area contributed by atoms with Crippen LogP contribution in [0.4, 0.5) is 4.39 Å². The zero-order valence-corrected chi connectivity index (χ0v) is 20.8. The van der Waals surface area contributed by atoms with Gasteiger partial charge < -0.3 is 14.7 Å². The Kier molecular flexibility index (Phi) is 7.73. The molecule has 6 heteroatoms. The molecule has 0 saturated carbocycles. The van der Waals surface area contributed by atoms with E-state index < -0.39 is 11.6 Å². The van der Waals surface area contributed by atoms with Crippen molar-refractivity contribution in [2.75, 3.05) is 13.1 Å². The number of carbonyl (C=O) groups excluding carboxylic acids is 1. The Morgan fingerprint density at radius 3 is 2.56 bits per heavy atom. The number of carboxylic acid groups (broad SMARTS) is 1. The smallest absolute Gasteiger partial charge is 0.323 e. The highest BCUT2D eigenvalue weighted by Crippen LogP contribution is 2.38. The van der Waals surface area contributed by atoms with Gasteiger partial charge in [0, 0.05) is 25.8 Å². The molecule has 0 aliphatic carbocycles. The maximum atomic E-state index is 14.2. The fraction of sp³-hybridized carbons (Fsp3) is 0.333. The van der Waals surface area contributed by atoms with E-state index in [9.17, 15) is 19.1 Å². The van der Waals surface area contributed by atoms with Gasteiger partial charge in [-0.15, -0.1) is 0 Å². The van der Waals surface area contributed by atoms with Gasteiger partial charge in [0.15, 0.2) is 0 Å². The van der Waals surface area contributed by atoms with Crippen LogP contribution in [0.1, 0.15) is 41.2 Å². The third-order valence-electron chi connectivity index (χ3n) is 6.63. The maximum absolute atomic E-state index is 14.2. The lowest BCUT2D eigenvalue weighted by atomic mass is 9.91. The molecule has 3 aromatic carbocycles. The molecule has 1 amide bonds. The first-order valence-electron chi connectivity index (χ1n) is 12.3. The Labute approximate surface area is 211 Å². The molecule has 0 bridgehead atoms. The van der Waals surface area contributed by atoms with Gasteiger partial charge in [0.1, 0.15) is 23.7 Å². The van der Waals surface area contributed by atoms with Crippen molar-refractivity contribution in [3.63, 3.8) is 0 Å². The number of ether oxygens (including phenoxy) is 1. The van der Waals surface area contributed by atoms with Gasteiger partial charge in [0.25, 0.3) is 0 Å². The molecule has 0 saturated heterocycles. The minimum atomic E-state index is -1.02. The van der Waals surface area contributed by atoms with Gasteiger partial charge in [-0.1, -0.05) is 60.2 Å². The normalized spacial score (nSPS) is 16.3. The minimum absolute atomic E-state index is 0.175. The molecule has 0 spiro atoms. The Bertz CT molecular complexity index is 1260. The van der Waals surface area contributed by atoms with Crippen LogP contribution < -0.4 is 4.74 Å². The number of nitrogens with zero attached hydrogens (tertiary/aromatic N) is 1. The predicted octanol–water partition coefficient (Wildman–Crippen LogP) is 5.16. The van der Waals surface area contributed by atoms with E-state index in [0.717, 1.165) is 28.0 Å². The van der Waals surface area contributed by atoms with Crippen LogP contribution in [0.25, 0.3) is 0 Å². The number of rotatable bonds is 10. The summed E-state index contributed by atoms with van der Waals surface area (Å²) in [5.41, 5.74) is 4.34. The van der Waals surface area contributed by atoms with E-state index >= 15 is 0 Å². The van der Waals surface area contributed by atoms with Crippen molar-refractivity contribution in [3.05, 3.63) is 100 Å². The molecule has 4 rings (SSSR count). The van der Waals surface area contributed by atoms with Crippen LogP contribution in [0.2, 0.25) is 0 Å². The monoisotopic (exact) mass is 489 g/mol. The SMILES string of the molecule is Cc1cccc(CCN(CC(=O)O)C(=O)CCc2ccc3c(c2)C[C@@](C)(Cc2ccccc2F)O3)c1. The first kappa shape index (κ1) is 25.4. The number of carbonyl (C=O) groups is 2. The Balaban J connectivity index is 1.36. The second-order valence-electron chi connectivity index (χ2n) is 9.89. The van der Waals surface area contributed by atoms with Crippen molar-refractivity contribution < 1.29 is 23.8 Å². The summed E-state index contributed by atoms with van der Waals surface area (Å²) < 4.78 is 20.4. The van der Waals surface area contributed by atoms with E-state index in [0.29, 0.717) is 37.8 Å². The number of aliphatic carboxylic acids is 1. The molecule has 1 N–H and O–H groups in total. The van der Waals surface area contributed by atoms with Gasteiger partial charge in [0.2, 0.25) is 5.91 Å². The van der Waals surface area contributed by atoms with Gasteiger partial charge in [-0.3, -0.25) is 9.59 Å². The Morgan fingerprint density at radius 2 is 1.81 bits per heavy atom. The zero-order chi connectivity index (χ0) is 25.7. The summed E-state index contributed by atoms with van der Waals surface area (Å²) in [4.78, 5) is 25.7. The van der Waals surface area contributed by atoms with Gasteiger partial charge in [-0.25, -0.2) is 4.39 Å². The number of aryl methyl sites for hydroxylation is 2. The van der Waals surface area contributed by atoms with Crippen LogP contribution >= 0.6 is 0 Å². The average Bonchev–Trinajstić information content (AvgIpc) is 3.16. The third kappa shape index (κ3) is 6.51. The van der Waals surface area contributed by atoms with Gasteiger partial charge >= 0.3 is 5.97 Å². The zero-order valence-electron chi connectivity index (χ0n) is 20.8. The van der Waals surface area contributed by atoms with Crippen molar-refractivity contribution in [1.82, 2.24) is 4.90 Å². The molecule has 0 aromatic heterocycles. The van der Waals surface area contributed by atoms with Crippen molar-refractivity contribution in [2.45, 2.75) is 51.6 Å². The van der Waals surface area contributed by atoms with E-state index in [2.05, 4.69) is 6.07 Å². The molecule has 1 heterocycles. The average molecular weight is 490 g/mol. The van der Waals surface area contributed by atoms with Crippen molar-refractivity contribution >= 4 is 11.9 Å². The quantitative estimate of drug-likeness (QED) is 0.427. The molecule has 188 valence electrons. The standard InChI is InChI=1S/C30H32FNO4/c1-21-6-5-7-22(16-21)14-15-32(20-29(34)35)28(33)13-11-23-10-12-27-25(17-23)19-30(2,36-27)18-24-8-3-4-9-26(24)31/h3-10,12,16-17H,11,13-15,18-20H2,1-2H3,(H,34,35)/t30-/m1/s1. The fourth-order valence-electron chi connectivity index (χ4n) is 4.87. The Hall–Kier alpha value is -3.67. The van der Waals surface area contributed by atoms with E-state index in [-0.39, 0.29) is 24.7 Å². The molecule has 1 aliphatic heterocycles. The van der Waals surface area contributed by atoms with Crippen LogP contribution in [0.3, 0.4) is 0 Å². The first-order chi connectivity index (χ1) is 17.2. The number of halogens is 1. The van der Waals surface area contributed by atoms with Crippen molar-refractivity contribution in [2.24, 2.45) is 0 Å². The highest BCUT2D eigenvalue weighted by molar-refractivity contribution is 5.81. The lowest BCUT2D eigenvalue weighted by Gasteiger charge is -2.24. The molecule has 1 atom stereocenters. The van der Waals surface area contributed by atoms with Crippen LogP contribution in [0.5, 0.6) is 5.75 Å². The summed E-state index contributed by atoms with van der Waals surface area (Å²) in [5.74, 6) is -0.636. The molecule has 1 aliphatic rings. The summed E-state index contributed by atoms with van der Waals surface area (Å²) >= 11 is 0. The molecular weight excluding hydrogens is 457 g/mol. The van der Waals surface area contributed by atoms with Gasteiger partial charge in [0.05, 0.1) is 0 Å². The fourth-order valence-corrected chi connectivity index (χ4v) is 4.87. The van der Waals surface area contributed by atoms with Gasteiger partial charge in [-0.05, 0) is 61.1 Å².